The summed E-state index contributed by atoms with van der Waals surface area (Å²) in [6.07, 6.45) is 3.29. The van der Waals surface area contributed by atoms with Crippen molar-refractivity contribution in [3.05, 3.63) is 65.0 Å². The van der Waals surface area contributed by atoms with E-state index in [-0.39, 0.29) is 16.9 Å². The Morgan fingerprint density at radius 2 is 1.76 bits per heavy atom. The van der Waals surface area contributed by atoms with Crippen LogP contribution in [-0.2, 0) is 4.74 Å². The molecule has 1 aromatic carbocycles. The van der Waals surface area contributed by atoms with Gasteiger partial charge in [-0.3, -0.25) is 9.78 Å². The van der Waals surface area contributed by atoms with Crippen molar-refractivity contribution in [3.8, 4) is 0 Å². The predicted molar refractivity (Wildman–Crippen MR) is 97.8 cm³/mol. The summed E-state index contributed by atoms with van der Waals surface area (Å²) in [6.45, 7) is 8.73. The van der Waals surface area contributed by atoms with Crippen molar-refractivity contribution in [2.45, 2.75) is 40.5 Å². The van der Waals surface area contributed by atoms with Crippen molar-refractivity contribution < 1.29 is 14.3 Å². The zero-order valence-electron chi connectivity index (χ0n) is 15.3. The van der Waals surface area contributed by atoms with Crippen LogP contribution in [0.3, 0.4) is 0 Å². The first-order valence-electron chi connectivity index (χ1n) is 8.57. The number of esters is 1. The molecule has 0 saturated carbocycles. The third-order valence-corrected chi connectivity index (χ3v) is 4.51. The number of ether oxygens (including phenoxy) is 1. The third kappa shape index (κ3) is 5.24. The van der Waals surface area contributed by atoms with Gasteiger partial charge >= 0.3 is 5.97 Å². The van der Waals surface area contributed by atoms with Crippen LogP contribution in [0.25, 0.3) is 0 Å². The maximum absolute atomic E-state index is 12.5. The smallest absolute Gasteiger partial charge is 0.338 e. The van der Waals surface area contributed by atoms with Crippen LogP contribution in [0.15, 0.2) is 42.6 Å². The molecule has 0 bridgehead atoms. The van der Waals surface area contributed by atoms with Crippen LogP contribution in [0.1, 0.15) is 65.6 Å². The Morgan fingerprint density at radius 3 is 2.40 bits per heavy atom. The molecule has 0 aliphatic heterocycles. The molecule has 0 spiro atoms. The molecule has 132 valence electrons. The second-order valence-electron chi connectivity index (χ2n) is 7.03. The summed E-state index contributed by atoms with van der Waals surface area (Å²) < 4.78 is 5.34. The Morgan fingerprint density at radius 1 is 1.08 bits per heavy atom. The number of hydrogen-bond donors (Lipinski definition) is 0. The van der Waals surface area contributed by atoms with Crippen molar-refractivity contribution in [2.75, 3.05) is 6.61 Å². The van der Waals surface area contributed by atoms with E-state index >= 15 is 0 Å². The fourth-order valence-corrected chi connectivity index (χ4v) is 2.21. The van der Waals surface area contributed by atoms with Crippen molar-refractivity contribution in [1.82, 2.24) is 4.98 Å². The van der Waals surface area contributed by atoms with E-state index in [2.05, 4.69) is 25.8 Å². The lowest BCUT2D eigenvalue weighted by atomic mass is 9.87. The molecule has 0 aliphatic carbocycles. The molecule has 0 radical (unpaired) electrons. The lowest BCUT2D eigenvalue weighted by Crippen LogP contribution is -2.16. The summed E-state index contributed by atoms with van der Waals surface area (Å²) in [6, 6.07) is 10.3. The molecule has 2 rings (SSSR count). The lowest BCUT2D eigenvalue weighted by Gasteiger charge is -2.21. The number of aromatic nitrogens is 1. The van der Waals surface area contributed by atoms with Crippen LogP contribution in [0.4, 0.5) is 0 Å². The molecule has 0 saturated heterocycles. The van der Waals surface area contributed by atoms with Crippen LogP contribution in [-0.4, -0.2) is 23.3 Å². The molecule has 0 aliphatic rings. The van der Waals surface area contributed by atoms with Crippen LogP contribution in [0.2, 0.25) is 0 Å². The highest BCUT2D eigenvalue weighted by molar-refractivity contribution is 6.08. The van der Waals surface area contributed by atoms with Gasteiger partial charge in [0.25, 0.3) is 0 Å². The molecule has 1 heterocycles. The minimum atomic E-state index is -0.424. The van der Waals surface area contributed by atoms with Gasteiger partial charge in [-0.1, -0.05) is 57.0 Å². The standard InChI is InChI=1S/C21H25NO3/c1-5-21(3,4)11-13-25-20(24)17-10-12-22-18(14-17)19(23)16-8-6-15(2)7-9-16/h6-10,12,14H,5,11,13H2,1-4H3. The molecule has 0 N–H and O–H groups in total. The largest absolute Gasteiger partial charge is 0.462 e. The van der Waals surface area contributed by atoms with Crippen LogP contribution < -0.4 is 0 Å². The highest BCUT2D eigenvalue weighted by atomic mass is 16.5. The average molecular weight is 339 g/mol. The summed E-state index contributed by atoms with van der Waals surface area (Å²) in [5, 5.41) is 0. The van der Waals surface area contributed by atoms with Crippen molar-refractivity contribution in [2.24, 2.45) is 5.41 Å². The number of aryl methyl sites for hydroxylation is 1. The lowest BCUT2D eigenvalue weighted by molar-refractivity contribution is 0.0456. The minimum Gasteiger partial charge on any atom is -0.462 e. The number of nitrogens with zero attached hydrogens (tertiary/aromatic N) is 1. The van der Waals surface area contributed by atoms with Gasteiger partial charge in [-0.2, -0.15) is 0 Å². The van der Waals surface area contributed by atoms with Crippen LogP contribution >= 0.6 is 0 Å². The van der Waals surface area contributed by atoms with Crippen LogP contribution in [0, 0.1) is 12.3 Å². The van der Waals surface area contributed by atoms with E-state index in [1.54, 1.807) is 18.2 Å². The Labute approximate surface area is 149 Å². The maximum atomic E-state index is 12.5. The molecule has 2 aromatic rings. The number of hydrogen-bond acceptors (Lipinski definition) is 4. The first kappa shape index (κ1) is 18.8. The minimum absolute atomic E-state index is 0.144. The Hall–Kier alpha value is -2.49. The maximum Gasteiger partial charge on any atom is 0.338 e. The summed E-state index contributed by atoms with van der Waals surface area (Å²) in [7, 11) is 0. The Bertz CT molecular complexity index is 748. The van der Waals surface area contributed by atoms with Crippen molar-refractivity contribution >= 4 is 11.8 Å². The number of ketones is 1. The zero-order chi connectivity index (χ0) is 18.4. The topological polar surface area (TPSA) is 56.3 Å². The van der Waals surface area contributed by atoms with Gasteiger partial charge in [-0.05, 0) is 30.9 Å². The summed E-state index contributed by atoms with van der Waals surface area (Å²) in [5.41, 5.74) is 2.36. The molecular weight excluding hydrogens is 314 g/mol. The number of rotatable bonds is 7. The molecule has 0 unspecified atom stereocenters. The molecule has 0 atom stereocenters. The number of carbonyl (C=O) groups is 2. The van der Waals surface area contributed by atoms with E-state index < -0.39 is 5.97 Å². The number of carbonyl (C=O) groups excluding carboxylic acids is 2. The van der Waals surface area contributed by atoms with Gasteiger partial charge in [0.1, 0.15) is 5.69 Å². The first-order valence-corrected chi connectivity index (χ1v) is 8.57. The molecule has 0 amide bonds. The van der Waals surface area contributed by atoms with Gasteiger partial charge < -0.3 is 4.74 Å². The van der Waals surface area contributed by atoms with Gasteiger partial charge in [0.2, 0.25) is 5.78 Å². The molecular formula is C21H25NO3. The first-order chi connectivity index (χ1) is 11.8. The molecule has 1 aromatic heterocycles. The highest BCUT2D eigenvalue weighted by Gasteiger charge is 2.17. The Balaban J connectivity index is 2.06. The fraction of sp³-hybridized carbons (Fsp3) is 0.381. The quantitative estimate of drug-likeness (QED) is 0.546. The number of pyridine rings is 1. The average Bonchev–Trinajstić information content (AvgIpc) is 2.61. The zero-order valence-corrected chi connectivity index (χ0v) is 15.3. The second kappa shape index (κ2) is 8.06. The van der Waals surface area contributed by atoms with E-state index in [0.717, 1.165) is 18.4 Å². The monoisotopic (exact) mass is 339 g/mol. The van der Waals surface area contributed by atoms with E-state index in [9.17, 15) is 9.59 Å². The van der Waals surface area contributed by atoms with E-state index in [4.69, 9.17) is 4.74 Å². The molecule has 4 nitrogen and oxygen atoms in total. The molecule has 0 fully saturated rings. The second-order valence-corrected chi connectivity index (χ2v) is 7.03. The van der Waals surface area contributed by atoms with E-state index in [1.807, 2.05) is 19.1 Å². The molecule has 4 heteroatoms. The summed E-state index contributed by atoms with van der Waals surface area (Å²) in [4.78, 5) is 28.8. The number of benzene rings is 1. The normalized spacial score (nSPS) is 11.2. The summed E-state index contributed by atoms with van der Waals surface area (Å²) >= 11 is 0. The SMILES string of the molecule is CCC(C)(C)CCOC(=O)c1ccnc(C(=O)c2ccc(C)cc2)c1. The van der Waals surface area contributed by atoms with Gasteiger partial charge in [-0.15, -0.1) is 0 Å². The van der Waals surface area contributed by atoms with Gasteiger partial charge in [0.05, 0.1) is 12.2 Å². The van der Waals surface area contributed by atoms with Gasteiger partial charge in [0, 0.05) is 11.8 Å². The van der Waals surface area contributed by atoms with E-state index in [1.165, 1.54) is 12.3 Å². The Kier molecular flexibility index (Phi) is 6.07. The summed E-state index contributed by atoms with van der Waals surface area (Å²) in [5.74, 6) is -0.631. The third-order valence-electron chi connectivity index (χ3n) is 4.51. The van der Waals surface area contributed by atoms with E-state index in [0.29, 0.717) is 17.7 Å². The highest BCUT2D eigenvalue weighted by Crippen LogP contribution is 2.24. The fourth-order valence-electron chi connectivity index (χ4n) is 2.21. The van der Waals surface area contributed by atoms with Crippen molar-refractivity contribution in [3.63, 3.8) is 0 Å². The van der Waals surface area contributed by atoms with Gasteiger partial charge in [0.15, 0.2) is 0 Å². The molecule has 25 heavy (non-hydrogen) atoms. The van der Waals surface area contributed by atoms with Crippen molar-refractivity contribution in [1.29, 1.82) is 0 Å². The van der Waals surface area contributed by atoms with Crippen LogP contribution in [0.5, 0.6) is 0 Å². The van der Waals surface area contributed by atoms with Gasteiger partial charge in [-0.25, -0.2) is 4.79 Å². The predicted octanol–water partition coefficient (Wildman–Crippen LogP) is 4.60.